The minimum absolute atomic E-state index is 0.255. The molecule has 0 saturated heterocycles. The number of carbonyl (C=O) groups is 1. The number of amides is 1. The number of unbranched alkanes of at least 4 members (excludes halogenated alkanes) is 1. The van der Waals surface area contributed by atoms with Gasteiger partial charge in [0.15, 0.2) is 0 Å². The van der Waals surface area contributed by atoms with Gasteiger partial charge in [0.1, 0.15) is 0 Å². The SMILES string of the molecule is CCC/C=C(/C(N)=O)c1ccc(C(F)(F)F)cc1. The van der Waals surface area contributed by atoms with Gasteiger partial charge in [-0.05, 0) is 24.1 Å². The number of nitrogens with two attached hydrogens (primary N) is 1. The molecule has 0 spiro atoms. The van der Waals surface area contributed by atoms with Crippen molar-refractivity contribution in [1.29, 1.82) is 0 Å². The normalized spacial score (nSPS) is 12.6. The number of primary amides is 1. The summed E-state index contributed by atoms with van der Waals surface area (Å²) in [4.78, 5) is 11.2. The molecular weight excluding hydrogens is 243 g/mol. The van der Waals surface area contributed by atoms with Crippen molar-refractivity contribution in [2.75, 3.05) is 0 Å². The van der Waals surface area contributed by atoms with E-state index in [1.807, 2.05) is 6.92 Å². The van der Waals surface area contributed by atoms with E-state index in [-0.39, 0.29) is 5.57 Å². The number of hydrogen-bond donors (Lipinski definition) is 1. The highest BCUT2D eigenvalue weighted by Crippen LogP contribution is 2.30. The van der Waals surface area contributed by atoms with Crippen molar-refractivity contribution >= 4 is 11.5 Å². The van der Waals surface area contributed by atoms with Crippen LogP contribution in [0.25, 0.3) is 5.57 Å². The van der Waals surface area contributed by atoms with Crippen molar-refractivity contribution in [3.8, 4) is 0 Å². The van der Waals surface area contributed by atoms with Crippen LogP contribution in [0, 0.1) is 0 Å². The highest BCUT2D eigenvalue weighted by atomic mass is 19.4. The third-order valence-electron chi connectivity index (χ3n) is 2.43. The smallest absolute Gasteiger partial charge is 0.366 e. The molecule has 98 valence electrons. The van der Waals surface area contributed by atoms with Crippen LogP contribution in [0.1, 0.15) is 30.9 Å². The van der Waals surface area contributed by atoms with Gasteiger partial charge in [-0.1, -0.05) is 31.6 Å². The maximum absolute atomic E-state index is 12.4. The van der Waals surface area contributed by atoms with Crippen LogP contribution >= 0.6 is 0 Å². The Bertz CT molecular complexity index is 446. The fourth-order valence-corrected chi connectivity index (χ4v) is 1.49. The Morgan fingerprint density at radius 3 is 2.22 bits per heavy atom. The highest BCUT2D eigenvalue weighted by molar-refractivity contribution is 6.18. The van der Waals surface area contributed by atoms with Gasteiger partial charge in [-0.3, -0.25) is 4.79 Å². The summed E-state index contributed by atoms with van der Waals surface area (Å²) in [6.07, 6.45) is -1.25. The van der Waals surface area contributed by atoms with Crippen LogP contribution in [-0.2, 0) is 11.0 Å². The van der Waals surface area contributed by atoms with Crippen LogP contribution in [0.4, 0.5) is 13.2 Å². The number of allylic oxidation sites excluding steroid dienone is 1. The summed E-state index contributed by atoms with van der Waals surface area (Å²) >= 11 is 0. The van der Waals surface area contributed by atoms with Crippen LogP contribution in [0.2, 0.25) is 0 Å². The van der Waals surface area contributed by atoms with Crippen LogP contribution in [-0.4, -0.2) is 5.91 Å². The predicted octanol–water partition coefficient (Wildman–Crippen LogP) is 3.37. The van der Waals surface area contributed by atoms with Crippen molar-refractivity contribution < 1.29 is 18.0 Å². The number of benzene rings is 1. The number of rotatable bonds is 4. The molecule has 0 aliphatic rings. The second-order valence-corrected chi connectivity index (χ2v) is 3.85. The minimum atomic E-state index is -4.38. The van der Waals surface area contributed by atoms with Crippen LogP contribution in [0.3, 0.4) is 0 Å². The lowest BCUT2D eigenvalue weighted by atomic mass is 10.0. The van der Waals surface area contributed by atoms with Gasteiger partial charge in [-0.2, -0.15) is 13.2 Å². The van der Waals surface area contributed by atoms with Gasteiger partial charge in [-0.25, -0.2) is 0 Å². The summed E-state index contributed by atoms with van der Waals surface area (Å²) in [6.45, 7) is 1.93. The summed E-state index contributed by atoms with van der Waals surface area (Å²) in [6, 6.07) is 4.40. The van der Waals surface area contributed by atoms with Crippen LogP contribution in [0.15, 0.2) is 30.3 Å². The molecule has 0 heterocycles. The quantitative estimate of drug-likeness (QED) is 0.825. The van der Waals surface area contributed by atoms with Gasteiger partial charge in [0.2, 0.25) is 5.91 Å². The van der Waals surface area contributed by atoms with Crippen molar-refractivity contribution in [3.63, 3.8) is 0 Å². The molecule has 5 heteroatoms. The lowest BCUT2D eigenvalue weighted by Gasteiger charge is -2.08. The second-order valence-electron chi connectivity index (χ2n) is 3.85. The molecular formula is C13H14F3NO. The molecule has 0 aromatic heterocycles. The molecule has 0 fully saturated rings. The Kier molecular flexibility index (Phi) is 4.53. The summed E-state index contributed by atoms with van der Waals surface area (Å²) in [5.41, 5.74) is 5.12. The average Bonchev–Trinajstić information content (AvgIpc) is 2.28. The standard InChI is InChI=1S/C13H14F3NO/c1-2-3-4-11(12(17)18)9-5-7-10(8-6-9)13(14,15)16/h4-8H,2-3H2,1H3,(H2,17,18)/b11-4+. The van der Waals surface area contributed by atoms with Crippen molar-refractivity contribution in [3.05, 3.63) is 41.5 Å². The van der Waals surface area contributed by atoms with E-state index in [4.69, 9.17) is 5.73 Å². The second kappa shape index (κ2) is 5.71. The largest absolute Gasteiger partial charge is 0.416 e. The van der Waals surface area contributed by atoms with E-state index in [9.17, 15) is 18.0 Å². The van der Waals surface area contributed by atoms with Crippen LogP contribution in [0.5, 0.6) is 0 Å². The Hall–Kier alpha value is -1.78. The molecule has 1 aromatic carbocycles. The first kappa shape index (κ1) is 14.3. The zero-order valence-corrected chi connectivity index (χ0v) is 9.92. The van der Waals surface area contributed by atoms with Gasteiger partial charge >= 0.3 is 6.18 Å². The topological polar surface area (TPSA) is 43.1 Å². The van der Waals surface area contributed by atoms with Gasteiger partial charge in [-0.15, -0.1) is 0 Å². The fraction of sp³-hybridized carbons (Fsp3) is 0.308. The van der Waals surface area contributed by atoms with E-state index in [1.54, 1.807) is 6.08 Å². The Morgan fingerprint density at radius 1 is 1.28 bits per heavy atom. The van der Waals surface area contributed by atoms with Gasteiger partial charge in [0.25, 0.3) is 0 Å². The predicted molar refractivity (Wildman–Crippen MR) is 63.5 cm³/mol. The Balaban J connectivity index is 3.05. The average molecular weight is 257 g/mol. The number of alkyl halides is 3. The van der Waals surface area contributed by atoms with E-state index < -0.39 is 17.6 Å². The first-order valence-corrected chi connectivity index (χ1v) is 5.54. The fourth-order valence-electron chi connectivity index (χ4n) is 1.49. The van der Waals surface area contributed by atoms with E-state index in [1.165, 1.54) is 12.1 Å². The summed E-state index contributed by atoms with van der Waals surface area (Å²) in [7, 11) is 0. The third-order valence-corrected chi connectivity index (χ3v) is 2.43. The minimum Gasteiger partial charge on any atom is -0.366 e. The summed E-state index contributed by atoms with van der Waals surface area (Å²) in [5, 5.41) is 0. The van der Waals surface area contributed by atoms with E-state index in [0.29, 0.717) is 12.0 Å². The van der Waals surface area contributed by atoms with E-state index in [0.717, 1.165) is 18.6 Å². The third kappa shape index (κ3) is 3.61. The molecule has 1 rings (SSSR count). The molecule has 2 N–H and O–H groups in total. The zero-order chi connectivity index (χ0) is 13.8. The molecule has 0 saturated carbocycles. The summed E-state index contributed by atoms with van der Waals surface area (Å²) in [5.74, 6) is -0.636. The molecule has 18 heavy (non-hydrogen) atoms. The van der Waals surface area contributed by atoms with E-state index >= 15 is 0 Å². The molecule has 2 nitrogen and oxygen atoms in total. The molecule has 0 radical (unpaired) electrons. The highest BCUT2D eigenvalue weighted by Gasteiger charge is 2.30. The lowest BCUT2D eigenvalue weighted by Crippen LogP contribution is -2.13. The lowest BCUT2D eigenvalue weighted by molar-refractivity contribution is -0.137. The molecule has 0 unspecified atom stereocenters. The first-order valence-electron chi connectivity index (χ1n) is 5.54. The molecule has 1 aromatic rings. The molecule has 0 bridgehead atoms. The molecule has 0 atom stereocenters. The summed E-state index contributed by atoms with van der Waals surface area (Å²) < 4.78 is 37.1. The number of hydrogen-bond acceptors (Lipinski definition) is 1. The zero-order valence-electron chi connectivity index (χ0n) is 9.92. The van der Waals surface area contributed by atoms with Crippen molar-refractivity contribution in [2.24, 2.45) is 5.73 Å². The number of halogens is 3. The van der Waals surface area contributed by atoms with Gasteiger partial charge in [0.05, 0.1) is 5.56 Å². The van der Waals surface area contributed by atoms with Gasteiger partial charge in [0, 0.05) is 5.57 Å². The maximum Gasteiger partial charge on any atom is 0.416 e. The van der Waals surface area contributed by atoms with Gasteiger partial charge < -0.3 is 5.73 Å². The molecule has 1 amide bonds. The maximum atomic E-state index is 12.4. The van der Waals surface area contributed by atoms with Crippen molar-refractivity contribution in [2.45, 2.75) is 25.9 Å². The first-order chi connectivity index (χ1) is 8.36. The van der Waals surface area contributed by atoms with Crippen LogP contribution < -0.4 is 5.73 Å². The molecule has 0 aliphatic carbocycles. The molecule has 0 aliphatic heterocycles. The van der Waals surface area contributed by atoms with Crippen molar-refractivity contribution in [1.82, 2.24) is 0 Å². The Labute approximate surface area is 103 Å². The monoisotopic (exact) mass is 257 g/mol. The van der Waals surface area contributed by atoms with E-state index in [2.05, 4.69) is 0 Å². The Morgan fingerprint density at radius 2 is 1.83 bits per heavy atom. The number of carbonyl (C=O) groups excluding carboxylic acids is 1.